The number of pyridine rings is 1. The van der Waals surface area contributed by atoms with Crippen LogP contribution in [0.2, 0.25) is 0 Å². The van der Waals surface area contributed by atoms with Crippen LogP contribution >= 0.6 is 0 Å². The fourth-order valence-electron chi connectivity index (χ4n) is 2.15. The molecule has 20 heavy (non-hydrogen) atoms. The van der Waals surface area contributed by atoms with Gasteiger partial charge < -0.3 is 10.2 Å². The van der Waals surface area contributed by atoms with Gasteiger partial charge in [-0.1, -0.05) is 32.0 Å². The van der Waals surface area contributed by atoms with Crippen LogP contribution in [0.4, 0.5) is 11.5 Å². The fourth-order valence-corrected chi connectivity index (χ4v) is 2.15. The summed E-state index contributed by atoms with van der Waals surface area (Å²) in [6, 6.07) is 14.7. The normalized spacial score (nSPS) is 10.8. The number of aromatic nitrogens is 1. The zero-order valence-corrected chi connectivity index (χ0v) is 12.7. The maximum Gasteiger partial charge on any atom is 0.133 e. The standard InChI is InChI=1S/C17H23N3/c1-13(2)16-10-14(12-18-3)11-17(19-16)20(4)15-8-6-5-7-9-15/h5-11,13,18H,12H2,1-4H3. The molecule has 1 N–H and O–H groups in total. The van der Waals surface area contributed by atoms with Crippen molar-refractivity contribution in [3.63, 3.8) is 0 Å². The van der Waals surface area contributed by atoms with Crippen molar-refractivity contribution >= 4 is 11.5 Å². The molecule has 0 spiro atoms. The minimum atomic E-state index is 0.426. The van der Waals surface area contributed by atoms with Crippen molar-refractivity contribution in [2.75, 3.05) is 19.0 Å². The molecule has 0 aliphatic rings. The molecule has 0 aliphatic heterocycles. The van der Waals surface area contributed by atoms with Crippen molar-refractivity contribution in [2.45, 2.75) is 26.3 Å². The Morgan fingerprint density at radius 3 is 2.45 bits per heavy atom. The SMILES string of the molecule is CNCc1cc(C(C)C)nc(N(C)c2ccccc2)c1. The molecule has 106 valence electrons. The van der Waals surface area contributed by atoms with Crippen LogP contribution in [0.25, 0.3) is 0 Å². The molecule has 1 aromatic heterocycles. The lowest BCUT2D eigenvalue weighted by Gasteiger charge is -2.21. The van der Waals surface area contributed by atoms with E-state index in [1.54, 1.807) is 0 Å². The number of hydrogen-bond donors (Lipinski definition) is 1. The second-order valence-electron chi connectivity index (χ2n) is 5.34. The summed E-state index contributed by atoms with van der Waals surface area (Å²) >= 11 is 0. The highest BCUT2D eigenvalue weighted by atomic mass is 15.2. The number of nitrogens with one attached hydrogen (secondary N) is 1. The quantitative estimate of drug-likeness (QED) is 0.897. The minimum absolute atomic E-state index is 0.426. The molecule has 3 heteroatoms. The van der Waals surface area contributed by atoms with Crippen LogP contribution in [-0.4, -0.2) is 19.1 Å². The van der Waals surface area contributed by atoms with Gasteiger partial charge in [0.15, 0.2) is 0 Å². The van der Waals surface area contributed by atoms with Gasteiger partial charge in [0, 0.05) is 25.0 Å². The molecule has 3 nitrogen and oxygen atoms in total. The molecule has 0 saturated heterocycles. The predicted molar refractivity (Wildman–Crippen MR) is 85.6 cm³/mol. The first-order valence-corrected chi connectivity index (χ1v) is 7.06. The summed E-state index contributed by atoms with van der Waals surface area (Å²) in [7, 11) is 4.03. The maximum atomic E-state index is 4.79. The third-order valence-corrected chi connectivity index (χ3v) is 3.35. The molecule has 1 aromatic carbocycles. The average molecular weight is 269 g/mol. The Labute approximate surface area is 121 Å². The van der Waals surface area contributed by atoms with Crippen molar-refractivity contribution in [3.8, 4) is 0 Å². The molecule has 2 rings (SSSR count). The third-order valence-electron chi connectivity index (χ3n) is 3.35. The van der Waals surface area contributed by atoms with E-state index < -0.39 is 0 Å². The number of benzene rings is 1. The molecule has 0 radical (unpaired) electrons. The Kier molecular flexibility index (Phi) is 4.74. The van der Waals surface area contributed by atoms with Crippen molar-refractivity contribution in [1.29, 1.82) is 0 Å². The molecular formula is C17H23N3. The van der Waals surface area contributed by atoms with Crippen molar-refractivity contribution in [3.05, 3.63) is 53.7 Å². The Hall–Kier alpha value is -1.87. The summed E-state index contributed by atoms with van der Waals surface area (Å²) in [5, 5.41) is 3.21. The molecule has 2 aromatic rings. The Balaban J connectivity index is 2.39. The lowest BCUT2D eigenvalue weighted by Crippen LogP contribution is -2.14. The van der Waals surface area contributed by atoms with Gasteiger partial charge in [0.2, 0.25) is 0 Å². The summed E-state index contributed by atoms with van der Waals surface area (Å²) in [6.07, 6.45) is 0. The van der Waals surface area contributed by atoms with Crippen LogP contribution in [0, 0.1) is 0 Å². The molecule has 0 aliphatic carbocycles. The van der Waals surface area contributed by atoms with Crippen LogP contribution in [0.1, 0.15) is 31.0 Å². The Morgan fingerprint density at radius 2 is 1.85 bits per heavy atom. The second-order valence-corrected chi connectivity index (χ2v) is 5.34. The number of rotatable bonds is 5. The van der Waals surface area contributed by atoms with Gasteiger partial charge in [-0.05, 0) is 42.8 Å². The van der Waals surface area contributed by atoms with E-state index in [1.165, 1.54) is 5.56 Å². The first-order valence-electron chi connectivity index (χ1n) is 7.06. The van der Waals surface area contributed by atoms with Gasteiger partial charge in [-0.3, -0.25) is 0 Å². The largest absolute Gasteiger partial charge is 0.329 e. The Morgan fingerprint density at radius 1 is 1.15 bits per heavy atom. The first-order chi connectivity index (χ1) is 9.61. The van der Waals surface area contributed by atoms with Crippen molar-refractivity contribution in [2.24, 2.45) is 0 Å². The number of nitrogens with zero attached hydrogens (tertiary/aromatic N) is 2. The molecule has 0 saturated carbocycles. The smallest absolute Gasteiger partial charge is 0.133 e. The van der Waals surface area contributed by atoms with E-state index in [0.717, 1.165) is 23.7 Å². The van der Waals surface area contributed by atoms with Crippen molar-refractivity contribution in [1.82, 2.24) is 10.3 Å². The second kappa shape index (κ2) is 6.53. The van der Waals surface area contributed by atoms with E-state index >= 15 is 0 Å². The van der Waals surface area contributed by atoms with Crippen LogP contribution in [0.3, 0.4) is 0 Å². The lowest BCUT2D eigenvalue weighted by atomic mass is 10.1. The summed E-state index contributed by atoms with van der Waals surface area (Å²) < 4.78 is 0. The van der Waals surface area contributed by atoms with Crippen LogP contribution < -0.4 is 10.2 Å². The van der Waals surface area contributed by atoms with E-state index in [2.05, 4.69) is 55.4 Å². The van der Waals surface area contributed by atoms with Gasteiger partial charge >= 0.3 is 0 Å². The number of hydrogen-bond acceptors (Lipinski definition) is 3. The van der Waals surface area contributed by atoms with E-state index in [4.69, 9.17) is 4.98 Å². The van der Waals surface area contributed by atoms with Gasteiger partial charge in [0.05, 0.1) is 0 Å². The van der Waals surface area contributed by atoms with E-state index in [1.807, 2.05) is 25.2 Å². The number of anilines is 2. The first kappa shape index (κ1) is 14.5. The van der Waals surface area contributed by atoms with Crippen LogP contribution in [0.5, 0.6) is 0 Å². The summed E-state index contributed by atoms with van der Waals surface area (Å²) in [5.41, 5.74) is 3.55. The lowest BCUT2D eigenvalue weighted by molar-refractivity contribution is 0.786. The zero-order valence-electron chi connectivity index (χ0n) is 12.7. The molecule has 0 atom stereocenters. The zero-order chi connectivity index (χ0) is 14.5. The highest BCUT2D eigenvalue weighted by Crippen LogP contribution is 2.25. The van der Waals surface area contributed by atoms with Crippen LogP contribution in [-0.2, 0) is 6.54 Å². The summed E-state index contributed by atoms with van der Waals surface area (Å²) in [4.78, 5) is 6.92. The van der Waals surface area contributed by atoms with Gasteiger partial charge in [-0.15, -0.1) is 0 Å². The number of para-hydroxylation sites is 1. The van der Waals surface area contributed by atoms with Crippen LogP contribution in [0.15, 0.2) is 42.5 Å². The average Bonchev–Trinajstić information content (AvgIpc) is 2.47. The van der Waals surface area contributed by atoms with E-state index in [9.17, 15) is 0 Å². The van der Waals surface area contributed by atoms with Gasteiger partial charge in [-0.2, -0.15) is 0 Å². The molecule has 0 amide bonds. The molecule has 0 fully saturated rings. The topological polar surface area (TPSA) is 28.2 Å². The molecule has 1 heterocycles. The highest BCUT2D eigenvalue weighted by molar-refractivity contribution is 5.59. The fraction of sp³-hybridized carbons (Fsp3) is 0.353. The summed E-state index contributed by atoms with van der Waals surface area (Å²) in [5.74, 6) is 1.42. The maximum absolute atomic E-state index is 4.79. The third kappa shape index (κ3) is 3.36. The molecular weight excluding hydrogens is 246 g/mol. The van der Waals surface area contributed by atoms with Crippen molar-refractivity contribution < 1.29 is 0 Å². The minimum Gasteiger partial charge on any atom is -0.329 e. The monoisotopic (exact) mass is 269 g/mol. The molecule has 0 unspecified atom stereocenters. The highest BCUT2D eigenvalue weighted by Gasteiger charge is 2.10. The van der Waals surface area contributed by atoms with E-state index in [0.29, 0.717) is 5.92 Å². The predicted octanol–water partition coefficient (Wildman–Crippen LogP) is 3.69. The van der Waals surface area contributed by atoms with Gasteiger partial charge in [0.1, 0.15) is 5.82 Å². The van der Waals surface area contributed by atoms with E-state index in [-0.39, 0.29) is 0 Å². The Bertz CT molecular complexity index is 549. The van der Waals surface area contributed by atoms with Gasteiger partial charge in [0.25, 0.3) is 0 Å². The van der Waals surface area contributed by atoms with Gasteiger partial charge in [-0.25, -0.2) is 4.98 Å². The summed E-state index contributed by atoms with van der Waals surface area (Å²) in [6.45, 7) is 5.22. The molecule has 0 bridgehead atoms.